The SMILES string of the molecule is COc1ccccc1C(O)c1ccccc1C1CCC1. The molecular formula is C18H20O2. The summed E-state index contributed by atoms with van der Waals surface area (Å²) in [5, 5.41) is 10.8. The van der Waals surface area contributed by atoms with Gasteiger partial charge in [0.1, 0.15) is 11.9 Å². The quantitative estimate of drug-likeness (QED) is 0.906. The molecule has 0 saturated heterocycles. The Kier molecular flexibility index (Phi) is 3.75. The number of aliphatic hydroxyl groups excluding tert-OH is 1. The second kappa shape index (κ2) is 5.68. The molecule has 2 heteroatoms. The summed E-state index contributed by atoms with van der Waals surface area (Å²) in [5.41, 5.74) is 3.14. The maximum absolute atomic E-state index is 10.8. The largest absolute Gasteiger partial charge is 0.496 e. The van der Waals surface area contributed by atoms with Crippen molar-refractivity contribution < 1.29 is 9.84 Å². The Morgan fingerprint density at radius 2 is 1.65 bits per heavy atom. The minimum absolute atomic E-state index is 0.607. The second-order valence-corrected chi connectivity index (χ2v) is 5.40. The van der Waals surface area contributed by atoms with Crippen LogP contribution < -0.4 is 4.74 Å². The van der Waals surface area contributed by atoms with E-state index in [2.05, 4.69) is 12.1 Å². The Bertz CT molecular complexity index is 587. The van der Waals surface area contributed by atoms with Crippen LogP contribution in [0.4, 0.5) is 0 Å². The normalized spacial score (nSPS) is 16.5. The van der Waals surface area contributed by atoms with Crippen molar-refractivity contribution in [3.8, 4) is 5.75 Å². The zero-order chi connectivity index (χ0) is 13.9. The zero-order valence-electron chi connectivity index (χ0n) is 11.8. The number of aliphatic hydroxyl groups is 1. The Morgan fingerprint density at radius 1 is 1.00 bits per heavy atom. The lowest BCUT2D eigenvalue weighted by Crippen LogP contribution is -2.14. The van der Waals surface area contributed by atoms with E-state index in [1.807, 2.05) is 36.4 Å². The van der Waals surface area contributed by atoms with E-state index in [1.54, 1.807) is 7.11 Å². The minimum atomic E-state index is -0.622. The van der Waals surface area contributed by atoms with Crippen LogP contribution in [0.1, 0.15) is 48.0 Å². The zero-order valence-corrected chi connectivity index (χ0v) is 11.8. The van der Waals surface area contributed by atoms with Gasteiger partial charge in [0.15, 0.2) is 0 Å². The third-order valence-electron chi connectivity index (χ3n) is 4.27. The van der Waals surface area contributed by atoms with Gasteiger partial charge in [-0.3, -0.25) is 0 Å². The van der Waals surface area contributed by atoms with Crippen LogP contribution in [0.3, 0.4) is 0 Å². The molecule has 0 amide bonds. The number of benzene rings is 2. The first-order valence-corrected chi connectivity index (χ1v) is 7.21. The smallest absolute Gasteiger partial charge is 0.125 e. The molecule has 0 radical (unpaired) electrons. The van der Waals surface area contributed by atoms with Gasteiger partial charge in [0.25, 0.3) is 0 Å². The van der Waals surface area contributed by atoms with Crippen LogP contribution in [0.5, 0.6) is 5.75 Å². The molecule has 0 aliphatic heterocycles. The van der Waals surface area contributed by atoms with Gasteiger partial charge in [-0.2, -0.15) is 0 Å². The molecule has 1 saturated carbocycles. The van der Waals surface area contributed by atoms with Gasteiger partial charge in [-0.1, -0.05) is 48.9 Å². The molecule has 1 aliphatic rings. The summed E-state index contributed by atoms with van der Waals surface area (Å²) in [6.45, 7) is 0. The van der Waals surface area contributed by atoms with Crippen LogP contribution in [0.2, 0.25) is 0 Å². The van der Waals surface area contributed by atoms with E-state index in [0.29, 0.717) is 5.92 Å². The fourth-order valence-corrected chi connectivity index (χ4v) is 2.91. The van der Waals surface area contributed by atoms with Gasteiger partial charge >= 0.3 is 0 Å². The van der Waals surface area contributed by atoms with Gasteiger partial charge in [0, 0.05) is 5.56 Å². The molecule has 20 heavy (non-hydrogen) atoms. The standard InChI is InChI=1S/C18H20O2/c1-20-17-12-5-4-11-16(17)18(19)15-10-3-2-9-14(15)13-7-6-8-13/h2-5,9-13,18-19H,6-8H2,1H3. The van der Waals surface area contributed by atoms with Crippen LogP contribution in [-0.4, -0.2) is 12.2 Å². The highest BCUT2D eigenvalue weighted by Crippen LogP contribution is 2.41. The predicted molar refractivity (Wildman–Crippen MR) is 80.1 cm³/mol. The highest BCUT2D eigenvalue weighted by molar-refractivity contribution is 5.44. The molecule has 1 unspecified atom stereocenters. The van der Waals surface area contributed by atoms with E-state index in [9.17, 15) is 5.11 Å². The monoisotopic (exact) mass is 268 g/mol. The number of para-hydroxylation sites is 1. The molecular weight excluding hydrogens is 248 g/mol. The molecule has 1 atom stereocenters. The molecule has 3 rings (SSSR count). The molecule has 0 aromatic heterocycles. The molecule has 1 fully saturated rings. The summed E-state index contributed by atoms with van der Waals surface area (Å²) in [6, 6.07) is 15.9. The highest BCUT2D eigenvalue weighted by atomic mass is 16.5. The van der Waals surface area contributed by atoms with E-state index in [1.165, 1.54) is 24.8 Å². The van der Waals surface area contributed by atoms with Crippen molar-refractivity contribution in [3.63, 3.8) is 0 Å². The van der Waals surface area contributed by atoms with E-state index in [-0.39, 0.29) is 0 Å². The molecule has 0 spiro atoms. The molecule has 2 nitrogen and oxygen atoms in total. The first-order chi connectivity index (χ1) is 9.81. The van der Waals surface area contributed by atoms with E-state index < -0.39 is 6.10 Å². The van der Waals surface area contributed by atoms with Crippen molar-refractivity contribution in [2.75, 3.05) is 7.11 Å². The Balaban J connectivity index is 1.99. The minimum Gasteiger partial charge on any atom is -0.496 e. The van der Waals surface area contributed by atoms with Crippen molar-refractivity contribution in [1.29, 1.82) is 0 Å². The average Bonchev–Trinajstić information content (AvgIpc) is 2.45. The predicted octanol–water partition coefficient (Wildman–Crippen LogP) is 4.04. The third kappa shape index (κ3) is 2.32. The maximum atomic E-state index is 10.8. The number of hydrogen-bond donors (Lipinski definition) is 1. The van der Waals surface area contributed by atoms with Crippen molar-refractivity contribution in [3.05, 3.63) is 65.2 Å². The Hall–Kier alpha value is -1.80. The second-order valence-electron chi connectivity index (χ2n) is 5.40. The maximum Gasteiger partial charge on any atom is 0.125 e. The van der Waals surface area contributed by atoms with Crippen LogP contribution >= 0.6 is 0 Å². The Morgan fingerprint density at radius 3 is 2.30 bits per heavy atom. The summed E-state index contributed by atoms with van der Waals surface area (Å²) in [4.78, 5) is 0. The van der Waals surface area contributed by atoms with Gasteiger partial charge in [0.05, 0.1) is 7.11 Å². The van der Waals surface area contributed by atoms with Gasteiger partial charge in [-0.05, 0) is 36.0 Å². The molecule has 1 N–H and O–H groups in total. The van der Waals surface area contributed by atoms with E-state index in [4.69, 9.17) is 4.74 Å². The fourth-order valence-electron chi connectivity index (χ4n) is 2.91. The third-order valence-corrected chi connectivity index (χ3v) is 4.27. The van der Waals surface area contributed by atoms with Crippen LogP contribution in [0, 0.1) is 0 Å². The van der Waals surface area contributed by atoms with Crippen molar-refractivity contribution in [1.82, 2.24) is 0 Å². The fraction of sp³-hybridized carbons (Fsp3) is 0.333. The summed E-state index contributed by atoms with van der Waals surface area (Å²) in [6.07, 6.45) is 3.14. The van der Waals surface area contributed by atoms with Crippen molar-refractivity contribution in [2.24, 2.45) is 0 Å². The molecule has 2 aromatic rings. The summed E-state index contributed by atoms with van der Waals surface area (Å²) >= 11 is 0. The lowest BCUT2D eigenvalue weighted by atomic mass is 9.77. The molecule has 2 aromatic carbocycles. The van der Waals surface area contributed by atoms with Gasteiger partial charge in [0.2, 0.25) is 0 Å². The van der Waals surface area contributed by atoms with Gasteiger partial charge in [-0.25, -0.2) is 0 Å². The number of rotatable bonds is 4. The lowest BCUT2D eigenvalue weighted by molar-refractivity contribution is 0.211. The summed E-state index contributed by atoms with van der Waals surface area (Å²) < 4.78 is 5.37. The van der Waals surface area contributed by atoms with Crippen LogP contribution in [0.15, 0.2) is 48.5 Å². The Labute approximate surface area is 120 Å². The molecule has 0 bridgehead atoms. The van der Waals surface area contributed by atoms with E-state index in [0.717, 1.165) is 16.9 Å². The van der Waals surface area contributed by atoms with Gasteiger partial charge in [-0.15, -0.1) is 0 Å². The van der Waals surface area contributed by atoms with Crippen LogP contribution in [0.25, 0.3) is 0 Å². The van der Waals surface area contributed by atoms with Crippen LogP contribution in [-0.2, 0) is 0 Å². The first kappa shape index (κ1) is 13.2. The highest BCUT2D eigenvalue weighted by Gasteiger charge is 2.25. The number of methoxy groups -OCH3 is 1. The van der Waals surface area contributed by atoms with Crippen molar-refractivity contribution >= 4 is 0 Å². The number of ether oxygens (including phenoxy) is 1. The summed E-state index contributed by atoms with van der Waals surface area (Å²) in [5.74, 6) is 1.35. The van der Waals surface area contributed by atoms with E-state index >= 15 is 0 Å². The topological polar surface area (TPSA) is 29.5 Å². The van der Waals surface area contributed by atoms with Crippen molar-refractivity contribution in [2.45, 2.75) is 31.3 Å². The van der Waals surface area contributed by atoms with Gasteiger partial charge < -0.3 is 9.84 Å². The summed E-state index contributed by atoms with van der Waals surface area (Å²) in [7, 11) is 1.64. The lowest BCUT2D eigenvalue weighted by Gasteiger charge is -2.29. The molecule has 104 valence electrons. The average molecular weight is 268 g/mol. The first-order valence-electron chi connectivity index (χ1n) is 7.21. The molecule has 1 aliphatic carbocycles. The molecule has 0 heterocycles. The number of hydrogen-bond acceptors (Lipinski definition) is 2.